The van der Waals surface area contributed by atoms with E-state index in [2.05, 4.69) is 0 Å². The predicted octanol–water partition coefficient (Wildman–Crippen LogP) is 2.55. The van der Waals surface area contributed by atoms with Gasteiger partial charge >= 0.3 is 5.97 Å². The maximum Gasteiger partial charge on any atom is 0.326 e. The number of amides is 1. The lowest BCUT2D eigenvalue weighted by Crippen LogP contribution is -2.43. The fourth-order valence-electron chi connectivity index (χ4n) is 2.39. The van der Waals surface area contributed by atoms with Crippen LogP contribution in [0, 0.1) is 17.6 Å². The summed E-state index contributed by atoms with van der Waals surface area (Å²) in [5.41, 5.74) is -0.507. The smallest absolute Gasteiger partial charge is 0.326 e. The summed E-state index contributed by atoms with van der Waals surface area (Å²) in [7, 11) is 0. The quantitative estimate of drug-likeness (QED) is 0.854. The highest BCUT2D eigenvalue weighted by Gasteiger charge is 2.40. The van der Waals surface area contributed by atoms with Gasteiger partial charge in [0.1, 0.15) is 17.7 Å². The van der Waals surface area contributed by atoms with Gasteiger partial charge in [0, 0.05) is 6.54 Å². The van der Waals surface area contributed by atoms with E-state index in [1.54, 1.807) is 6.92 Å². The van der Waals surface area contributed by atoms with Gasteiger partial charge in [0.15, 0.2) is 0 Å². The number of nitrogens with zero attached hydrogens (tertiary/aromatic N) is 1. The molecule has 4 nitrogen and oxygen atoms in total. The van der Waals surface area contributed by atoms with Gasteiger partial charge in [-0.1, -0.05) is 18.5 Å². The van der Waals surface area contributed by atoms with Crippen molar-refractivity contribution in [1.29, 1.82) is 0 Å². The predicted molar refractivity (Wildman–Crippen MR) is 67.6 cm³/mol. The molecule has 0 bridgehead atoms. The fraction of sp³-hybridized carbons (Fsp3) is 0.385. The van der Waals surface area contributed by atoms with E-state index in [9.17, 15) is 18.4 Å². The summed E-state index contributed by atoms with van der Waals surface area (Å²) < 4.78 is 27.1. The molecule has 1 heterocycles. The SMILES string of the molecule is CC1CCN(C(=O)c2cc(F)c(Cl)cc2F)C1C(=O)O. The average Bonchev–Trinajstić information content (AvgIpc) is 2.75. The number of likely N-dealkylation sites (tertiary alicyclic amines) is 1. The molecule has 1 saturated heterocycles. The Morgan fingerprint density at radius 1 is 1.35 bits per heavy atom. The summed E-state index contributed by atoms with van der Waals surface area (Å²) in [6.45, 7) is 1.89. The van der Waals surface area contributed by atoms with Gasteiger partial charge in [0.05, 0.1) is 10.6 Å². The van der Waals surface area contributed by atoms with Gasteiger partial charge in [-0.3, -0.25) is 4.79 Å². The maximum atomic E-state index is 13.7. The monoisotopic (exact) mass is 303 g/mol. The molecule has 2 atom stereocenters. The Balaban J connectivity index is 2.37. The second kappa shape index (κ2) is 5.36. The molecule has 0 aliphatic carbocycles. The second-order valence-corrected chi connectivity index (χ2v) is 5.20. The molecule has 0 aromatic heterocycles. The van der Waals surface area contributed by atoms with Gasteiger partial charge < -0.3 is 10.0 Å². The Bertz CT molecular complexity index is 579. The van der Waals surface area contributed by atoms with E-state index in [0.717, 1.165) is 4.90 Å². The fourth-order valence-corrected chi connectivity index (χ4v) is 2.54. The average molecular weight is 304 g/mol. The molecule has 2 rings (SSSR count). The highest BCUT2D eigenvalue weighted by atomic mass is 35.5. The summed E-state index contributed by atoms with van der Waals surface area (Å²) in [5.74, 6) is -4.12. The van der Waals surface area contributed by atoms with Crippen molar-refractivity contribution in [1.82, 2.24) is 4.90 Å². The molecule has 1 aromatic rings. The molecule has 1 aliphatic heterocycles. The molecule has 20 heavy (non-hydrogen) atoms. The zero-order chi connectivity index (χ0) is 15.0. The molecule has 1 aliphatic rings. The molecule has 2 unspecified atom stereocenters. The van der Waals surface area contributed by atoms with E-state index in [0.29, 0.717) is 18.6 Å². The lowest BCUT2D eigenvalue weighted by atomic mass is 10.0. The van der Waals surface area contributed by atoms with Crippen LogP contribution in [0.1, 0.15) is 23.7 Å². The summed E-state index contributed by atoms with van der Waals surface area (Å²) in [4.78, 5) is 24.4. The molecule has 1 amide bonds. The summed E-state index contributed by atoms with van der Waals surface area (Å²) in [6.07, 6.45) is 0.500. The molecule has 1 N–H and O–H groups in total. The van der Waals surface area contributed by atoms with Gasteiger partial charge in [0.2, 0.25) is 0 Å². The molecule has 1 aromatic carbocycles. The Hall–Kier alpha value is -1.69. The zero-order valence-electron chi connectivity index (χ0n) is 10.6. The summed E-state index contributed by atoms with van der Waals surface area (Å²) in [5, 5.41) is 8.71. The zero-order valence-corrected chi connectivity index (χ0v) is 11.3. The minimum Gasteiger partial charge on any atom is -0.480 e. The van der Waals surface area contributed by atoms with Crippen LogP contribution < -0.4 is 0 Å². The number of benzene rings is 1. The molecule has 0 spiro atoms. The molecule has 1 fully saturated rings. The van der Waals surface area contributed by atoms with Crippen molar-refractivity contribution in [2.75, 3.05) is 6.54 Å². The molecular weight excluding hydrogens is 292 g/mol. The number of hydrogen-bond acceptors (Lipinski definition) is 2. The van der Waals surface area contributed by atoms with Crippen molar-refractivity contribution in [3.63, 3.8) is 0 Å². The van der Waals surface area contributed by atoms with Gasteiger partial charge in [0.25, 0.3) is 5.91 Å². The van der Waals surface area contributed by atoms with Crippen molar-refractivity contribution in [3.05, 3.63) is 34.4 Å². The van der Waals surface area contributed by atoms with Crippen LogP contribution in [0.5, 0.6) is 0 Å². The van der Waals surface area contributed by atoms with Gasteiger partial charge in [-0.15, -0.1) is 0 Å². The molecule has 108 valence electrons. The number of carboxylic acid groups (broad SMARTS) is 1. The van der Waals surface area contributed by atoms with E-state index in [1.165, 1.54) is 0 Å². The highest BCUT2D eigenvalue weighted by Crippen LogP contribution is 2.28. The van der Waals surface area contributed by atoms with Crippen molar-refractivity contribution in [3.8, 4) is 0 Å². The van der Waals surface area contributed by atoms with Crippen molar-refractivity contribution < 1.29 is 23.5 Å². The van der Waals surface area contributed by atoms with E-state index in [1.807, 2.05) is 0 Å². The number of carbonyl (C=O) groups is 2. The maximum absolute atomic E-state index is 13.7. The normalized spacial score (nSPS) is 22.1. The summed E-state index contributed by atoms with van der Waals surface area (Å²) >= 11 is 5.42. The van der Waals surface area contributed by atoms with Crippen LogP contribution in [-0.4, -0.2) is 34.5 Å². The van der Waals surface area contributed by atoms with Crippen molar-refractivity contribution in [2.24, 2.45) is 5.92 Å². The van der Waals surface area contributed by atoms with Crippen LogP contribution in [0.4, 0.5) is 8.78 Å². The summed E-state index contributed by atoms with van der Waals surface area (Å²) in [6, 6.07) is 0.377. The number of hydrogen-bond donors (Lipinski definition) is 1. The molecule has 7 heteroatoms. The Labute approximate surface area is 118 Å². The third-order valence-corrected chi connectivity index (χ3v) is 3.74. The topological polar surface area (TPSA) is 57.6 Å². The van der Waals surface area contributed by atoms with Crippen LogP contribution in [-0.2, 0) is 4.79 Å². The first-order valence-electron chi connectivity index (χ1n) is 6.01. The van der Waals surface area contributed by atoms with Crippen molar-refractivity contribution >= 4 is 23.5 Å². The highest BCUT2D eigenvalue weighted by molar-refractivity contribution is 6.30. The Morgan fingerprint density at radius 3 is 2.60 bits per heavy atom. The minimum absolute atomic E-state index is 0.195. The largest absolute Gasteiger partial charge is 0.480 e. The number of carbonyl (C=O) groups excluding carboxylic acids is 1. The number of rotatable bonds is 2. The molecular formula is C13H12ClF2NO3. The van der Waals surface area contributed by atoms with Gasteiger partial charge in [-0.25, -0.2) is 13.6 Å². The second-order valence-electron chi connectivity index (χ2n) is 4.79. The van der Waals surface area contributed by atoms with Crippen molar-refractivity contribution in [2.45, 2.75) is 19.4 Å². The van der Waals surface area contributed by atoms with E-state index in [-0.39, 0.29) is 12.5 Å². The van der Waals surface area contributed by atoms with E-state index >= 15 is 0 Å². The van der Waals surface area contributed by atoms with Gasteiger partial charge in [-0.2, -0.15) is 0 Å². The van der Waals surface area contributed by atoms with Crippen LogP contribution >= 0.6 is 11.6 Å². The lowest BCUT2D eigenvalue weighted by Gasteiger charge is -2.23. The third kappa shape index (κ3) is 2.47. The number of aliphatic carboxylic acids is 1. The first-order valence-corrected chi connectivity index (χ1v) is 6.39. The van der Waals surface area contributed by atoms with Gasteiger partial charge in [-0.05, 0) is 24.5 Å². The van der Waals surface area contributed by atoms with Crippen LogP contribution in [0.25, 0.3) is 0 Å². The molecule has 0 saturated carbocycles. The minimum atomic E-state index is -1.15. The first-order chi connectivity index (χ1) is 9.32. The number of carboxylic acids is 1. The van der Waals surface area contributed by atoms with Crippen LogP contribution in [0.3, 0.4) is 0 Å². The lowest BCUT2D eigenvalue weighted by molar-refractivity contribution is -0.142. The number of halogens is 3. The Morgan fingerprint density at radius 2 is 2.00 bits per heavy atom. The first kappa shape index (κ1) is 14.7. The standard InChI is InChI=1S/C13H12ClF2NO3/c1-6-2-3-17(11(6)13(19)20)12(18)7-4-10(16)8(14)5-9(7)15/h4-6,11H,2-3H2,1H3,(H,19,20). The molecule has 0 radical (unpaired) electrons. The van der Waals surface area contributed by atoms with E-state index in [4.69, 9.17) is 16.7 Å². The Kier molecular flexibility index (Phi) is 3.94. The third-order valence-electron chi connectivity index (χ3n) is 3.45. The van der Waals surface area contributed by atoms with Crippen LogP contribution in [0.2, 0.25) is 5.02 Å². The van der Waals surface area contributed by atoms with Crippen LogP contribution in [0.15, 0.2) is 12.1 Å². The van der Waals surface area contributed by atoms with E-state index < -0.39 is 40.1 Å².